The maximum atomic E-state index is 12.3. The molecule has 0 saturated carbocycles. The van der Waals surface area contributed by atoms with Crippen molar-refractivity contribution in [3.8, 4) is 5.75 Å². The highest BCUT2D eigenvalue weighted by atomic mass is 35.5. The fourth-order valence-corrected chi connectivity index (χ4v) is 3.88. The van der Waals surface area contributed by atoms with Crippen molar-refractivity contribution in [2.75, 3.05) is 12.4 Å². The molecule has 3 aromatic rings. The van der Waals surface area contributed by atoms with E-state index in [1.807, 2.05) is 0 Å². The van der Waals surface area contributed by atoms with Crippen LogP contribution >= 0.6 is 23.2 Å². The van der Waals surface area contributed by atoms with E-state index in [2.05, 4.69) is 20.6 Å². The number of nitrogens with zero attached hydrogens (tertiary/aromatic N) is 1. The Labute approximate surface area is 204 Å². The number of benzene rings is 2. The third kappa shape index (κ3) is 6.81. The number of carbonyl (C=O) groups is 2. The van der Waals surface area contributed by atoms with E-state index in [9.17, 15) is 18.0 Å². The molecule has 0 aliphatic carbocycles. The number of anilines is 1. The number of carbonyl (C=O) groups excluding carboxylic acids is 2. The minimum absolute atomic E-state index is 0.0571. The van der Waals surface area contributed by atoms with Crippen LogP contribution in [0.5, 0.6) is 5.75 Å². The molecule has 2 aromatic carbocycles. The van der Waals surface area contributed by atoms with Crippen molar-refractivity contribution in [1.82, 2.24) is 10.1 Å². The maximum Gasteiger partial charge on any atom is 0.329 e. The summed E-state index contributed by atoms with van der Waals surface area (Å²) < 4.78 is 37.5. The second-order valence-electron chi connectivity index (χ2n) is 6.58. The van der Waals surface area contributed by atoms with Gasteiger partial charge in [0.1, 0.15) is 17.3 Å². The summed E-state index contributed by atoms with van der Waals surface area (Å²) in [5.74, 6) is -1.19. The van der Waals surface area contributed by atoms with E-state index < -0.39 is 21.8 Å². The first-order chi connectivity index (χ1) is 16.2. The van der Waals surface area contributed by atoms with E-state index in [0.717, 1.165) is 6.21 Å². The van der Waals surface area contributed by atoms with Gasteiger partial charge in [-0.1, -0.05) is 23.2 Å². The van der Waals surface area contributed by atoms with Crippen molar-refractivity contribution >= 4 is 56.9 Å². The van der Waals surface area contributed by atoms with Gasteiger partial charge < -0.3 is 14.5 Å². The molecule has 2 amide bonds. The number of halogens is 2. The summed E-state index contributed by atoms with van der Waals surface area (Å²) >= 11 is 11.7. The number of hydrazone groups is 1. The lowest BCUT2D eigenvalue weighted by atomic mass is 10.3. The van der Waals surface area contributed by atoms with Crippen molar-refractivity contribution in [3.63, 3.8) is 0 Å². The third-order valence-corrected chi connectivity index (χ3v) is 6.12. The SMILES string of the molecule is COc1ccc(Cl)cc1NC(=O)C(=O)N/N=C/c1ccc(CNS(=O)(=O)c2ccc(Cl)cc2)o1. The van der Waals surface area contributed by atoms with Crippen molar-refractivity contribution in [2.24, 2.45) is 5.10 Å². The number of sulfonamides is 1. The Bertz CT molecular complexity index is 1320. The molecule has 0 atom stereocenters. The fourth-order valence-electron chi connectivity index (χ4n) is 2.58. The molecule has 0 fully saturated rings. The minimum atomic E-state index is -3.76. The van der Waals surface area contributed by atoms with Gasteiger partial charge in [-0.3, -0.25) is 9.59 Å². The van der Waals surface area contributed by atoms with Gasteiger partial charge in [0, 0.05) is 10.0 Å². The molecule has 0 unspecified atom stereocenters. The van der Waals surface area contributed by atoms with E-state index in [0.29, 0.717) is 21.6 Å². The Morgan fingerprint density at radius 2 is 1.74 bits per heavy atom. The largest absolute Gasteiger partial charge is 0.495 e. The first-order valence-electron chi connectivity index (χ1n) is 9.50. The summed E-state index contributed by atoms with van der Waals surface area (Å²) in [6, 6.07) is 13.3. The number of rotatable bonds is 8. The number of nitrogens with one attached hydrogen (secondary N) is 3. The Morgan fingerprint density at radius 1 is 1.03 bits per heavy atom. The molecule has 178 valence electrons. The van der Waals surface area contributed by atoms with Gasteiger partial charge in [0.2, 0.25) is 10.0 Å². The third-order valence-electron chi connectivity index (χ3n) is 4.22. The summed E-state index contributed by atoms with van der Waals surface area (Å²) in [5, 5.41) is 6.79. The van der Waals surface area contributed by atoms with E-state index in [1.54, 1.807) is 6.07 Å². The normalized spacial score (nSPS) is 11.4. The highest BCUT2D eigenvalue weighted by Gasteiger charge is 2.16. The molecule has 3 rings (SSSR count). The molecule has 1 heterocycles. The van der Waals surface area contributed by atoms with E-state index in [-0.39, 0.29) is 22.9 Å². The summed E-state index contributed by atoms with van der Waals surface area (Å²) in [4.78, 5) is 24.1. The van der Waals surface area contributed by atoms with Crippen LogP contribution < -0.4 is 20.2 Å². The first-order valence-corrected chi connectivity index (χ1v) is 11.7. The molecule has 13 heteroatoms. The summed E-state index contributed by atoms with van der Waals surface area (Å²) in [6.45, 7) is -0.116. The van der Waals surface area contributed by atoms with Crippen LogP contribution in [0.15, 0.2) is 69.0 Å². The van der Waals surface area contributed by atoms with Crippen molar-refractivity contribution in [2.45, 2.75) is 11.4 Å². The van der Waals surface area contributed by atoms with Gasteiger partial charge in [-0.2, -0.15) is 5.10 Å². The van der Waals surface area contributed by atoms with Crippen LogP contribution in [-0.2, 0) is 26.2 Å². The predicted molar refractivity (Wildman–Crippen MR) is 127 cm³/mol. The lowest BCUT2D eigenvalue weighted by Gasteiger charge is -2.09. The number of hydrogen-bond acceptors (Lipinski definition) is 7. The van der Waals surface area contributed by atoms with Gasteiger partial charge in [0.05, 0.1) is 30.5 Å². The molecule has 3 N–H and O–H groups in total. The molecule has 0 spiro atoms. The fraction of sp³-hybridized carbons (Fsp3) is 0.0952. The van der Waals surface area contributed by atoms with Gasteiger partial charge in [0.15, 0.2) is 0 Å². The van der Waals surface area contributed by atoms with Crippen LogP contribution in [0.2, 0.25) is 10.0 Å². The molecule has 0 radical (unpaired) electrons. The van der Waals surface area contributed by atoms with Crippen LogP contribution in [0.1, 0.15) is 11.5 Å². The minimum Gasteiger partial charge on any atom is -0.495 e. The van der Waals surface area contributed by atoms with Gasteiger partial charge in [-0.05, 0) is 54.6 Å². The predicted octanol–water partition coefficient (Wildman–Crippen LogP) is 3.16. The molecule has 10 nitrogen and oxygen atoms in total. The molecule has 0 aliphatic heterocycles. The van der Waals surface area contributed by atoms with E-state index in [4.69, 9.17) is 32.4 Å². The summed E-state index contributed by atoms with van der Waals surface area (Å²) in [7, 11) is -2.35. The first kappa shape index (κ1) is 25.2. The number of methoxy groups -OCH3 is 1. The average molecular weight is 525 g/mol. The topological polar surface area (TPSA) is 139 Å². The summed E-state index contributed by atoms with van der Waals surface area (Å²) in [5.41, 5.74) is 2.28. The average Bonchev–Trinajstić information content (AvgIpc) is 3.26. The van der Waals surface area contributed by atoms with Crippen LogP contribution in [-0.4, -0.2) is 33.6 Å². The van der Waals surface area contributed by atoms with Crippen LogP contribution in [0, 0.1) is 0 Å². The van der Waals surface area contributed by atoms with E-state index >= 15 is 0 Å². The highest BCUT2D eigenvalue weighted by Crippen LogP contribution is 2.27. The Kier molecular flexibility index (Phi) is 8.29. The molecular formula is C21H18Cl2N4O6S. The molecule has 0 bridgehead atoms. The zero-order valence-corrected chi connectivity index (χ0v) is 19.9. The Balaban J connectivity index is 1.52. The molecular weight excluding hydrogens is 507 g/mol. The standard InChI is InChI=1S/C21H18Cl2N4O6S/c1-32-19-9-4-14(23)10-18(19)26-20(28)21(29)27-24-11-15-5-6-16(33-15)12-25-34(30,31)17-7-2-13(22)3-8-17/h2-11,25H,12H2,1H3,(H,26,28)(H,27,29)/b24-11+. The van der Waals surface area contributed by atoms with Crippen LogP contribution in [0.3, 0.4) is 0 Å². The second-order valence-corrected chi connectivity index (χ2v) is 9.22. The number of ether oxygens (including phenoxy) is 1. The lowest BCUT2D eigenvalue weighted by Crippen LogP contribution is -2.32. The molecule has 34 heavy (non-hydrogen) atoms. The van der Waals surface area contributed by atoms with Gasteiger partial charge in [-0.25, -0.2) is 18.6 Å². The zero-order valence-electron chi connectivity index (χ0n) is 17.5. The molecule has 1 aromatic heterocycles. The van der Waals surface area contributed by atoms with Crippen molar-refractivity contribution in [1.29, 1.82) is 0 Å². The monoisotopic (exact) mass is 524 g/mol. The van der Waals surface area contributed by atoms with E-state index in [1.165, 1.54) is 55.6 Å². The zero-order chi connectivity index (χ0) is 24.7. The number of hydrogen-bond donors (Lipinski definition) is 3. The lowest BCUT2D eigenvalue weighted by molar-refractivity contribution is -0.136. The van der Waals surface area contributed by atoms with Crippen molar-refractivity contribution < 1.29 is 27.2 Å². The van der Waals surface area contributed by atoms with Crippen LogP contribution in [0.4, 0.5) is 5.69 Å². The Morgan fingerprint density at radius 3 is 2.44 bits per heavy atom. The maximum absolute atomic E-state index is 12.3. The smallest absolute Gasteiger partial charge is 0.329 e. The van der Waals surface area contributed by atoms with Gasteiger partial charge >= 0.3 is 11.8 Å². The summed E-state index contributed by atoms with van der Waals surface area (Å²) in [6.07, 6.45) is 1.16. The second kappa shape index (κ2) is 11.2. The quantitative estimate of drug-likeness (QED) is 0.235. The molecule has 0 saturated heterocycles. The van der Waals surface area contributed by atoms with Gasteiger partial charge in [-0.15, -0.1) is 0 Å². The number of furan rings is 1. The molecule has 0 aliphatic rings. The highest BCUT2D eigenvalue weighted by molar-refractivity contribution is 7.89. The van der Waals surface area contributed by atoms with Gasteiger partial charge in [0.25, 0.3) is 0 Å². The number of amides is 2. The Hall–Kier alpha value is -3.38. The van der Waals surface area contributed by atoms with Crippen LogP contribution in [0.25, 0.3) is 0 Å². The van der Waals surface area contributed by atoms with Crippen molar-refractivity contribution in [3.05, 3.63) is 76.2 Å².